The molecular weight excluding hydrogens is 232 g/mol. The van der Waals surface area contributed by atoms with E-state index in [9.17, 15) is 0 Å². The van der Waals surface area contributed by atoms with Gasteiger partial charge in [0.2, 0.25) is 0 Å². The molecule has 0 aliphatic carbocycles. The highest BCUT2D eigenvalue weighted by atomic mass is 35.5. The smallest absolute Gasteiger partial charge is 0.101 e. The summed E-state index contributed by atoms with van der Waals surface area (Å²) in [6.45, 7) is 0. The molecule has 2 nitrogen and oxygen atoms in total. The van der Waals surface area contributed by atoms with Crippen LogP contribution in [0.5, 0.6) is 0 Å². The Bertz CT molecular complexity index is 645. The fourth-order valence-electron chi connectivity index (χ4n) is 1.27. The topological polar surface area (TPSA) is 36.7 Å². The molecule has 0 fully saturated rings. The number of nitriles is 1. The minimum atomic E-state index is 0.496. The Hall–Kier alpha value is -2.29. The maximum Gasteiger partial charge on any atom is 0.101 e. The van der Waals surface area contributed by atoms with Gasteiger partial charge in [-0.2, -0.15) is 5.26 Å². The molecule has 17 heavy (non-hydrogen) atoms. The van der Waals surface area contributed by atoms with Gasteiger partial charge in [-0.25, -0.2) is 0 Å². The molecule has 0 unspecified atom stereocenters. The summed E-state index contributed by atoms with van der Waals surface area (Å²) in [5, 5.41) is 9.35. The van der Waals surface area contributed by atoms with Crippen LogP contribution in [0, 0.1) is 23.2 Å². The molecule has 1 aromatic heterocycles. The fraction of sp³-hybridized carbons (Fsp3) is 0. The van der Waals surface area contributed by atoms with Gasteiger partial charge < -0.3 is 0 Å². The SMILES string of the molecule is N#Cc1cncc(C#Cc2ccccc2Cl)c1. The predicted molar refractivity (Wildman–Crippen MR) is 66.4 cm³/mol. The van der Waals surface area contributed by atoms with E-state index in [4.69, 9.17) is 16.9 Å². The molecule has 0 atom stereocenters. The van der Waals surface area contributed by atoms with Crippen LogP contribution >= 0.6 is 11.6 Å². The highest BCUT2D eigenvalue weighted by Gasteiger charge is 1.94. The second-order valence-corrected chi connectivity index (χ2v) is 3.71. The Morgan fingerprint density at radius 3 is 2.59 bits per heavy atom. The van der Waals surface area contributed by atoms with Crippen molar-refractivity contribution in [2.24, 2.45) is 0 Å². The molecule has 80 valence electrons. The Kier molecular flexibility index (Phi) is 3.40. The van der Waals surface area contributed by atoms with Crippen LogP contribution in [-0.2, 0) is 0 Å². The van der Waals surface area contributed by atoms with Crippen LogP contribution in [0.15, 0.2) is 42.7 Å². The zero-order valence-corrected chi connectivity index (χ0v) is 9.57. The first-order chi connectivity index (χ1) is 8.29. The lowest BCUT2D eigenvalue weighted by atomic mass is 10.2. The minimum absolute atomic E-state index is 0.496. The van der Waals surface area contributed by atoms with Crippen molar-refractivity contribution in [2.45, 2.75) is 0 Å². The molecule has 3 heteroatoms. The van der Waals surface area contributed by atoms with Gasteiger partial charge in [0.05, 0.1) is 10.6 Å². The monoisotopic (exact) mass is 238 g/mol. The van der Waals surface area contributed by atoms with E-state index in [1.165, 1.54) is 6.20 Å². The van der Waals surface area contributed by atoms with Gasteiger partial charge in [-0.15, -0.1) is 0 Å². The Balaban J connectivity index is 2.34. The molecule has 0 spiro atoms. The van der Waals surface area contributed by atoms with E-state index >= 15 is 0 Å². The van der Waals surface area contributed by atoms with Crippen LogP contribution in [0.2, 0.25) is 5.02 Å². The van der Waals surface area contributed by atoms with Gasteiger partial charge in [-0.05, 0) is 18.2 Å². The van der Waals surface area contributed by atoms with E-state index in [2.05, 4.69) is 16.8 Å². The van der Waals surface area contributed by atoms with E-state index in [1.807, 2.05) is 24.3 Å². The van der Waals surface area contributed by atoms with Gasteiger partial charge in [-0.1, -0.05) is 35.6 Å². The van der Waals surface area contributed by atoms with Crippen molar-refractivity contribution >= 4 is 11.6 Å². The maximum atomic E-state index is 8.73. The lowest BCUT2D eigenvalue weighted by molar-refractivity contribution is 1.29. The molecule has 0 aliphatic rings. The summed E-state index contributed by atoms with van der Waals surface area (Å²) in [6, 6.07) is 11.1. The zero-order valence-electron chi connectivity index (χ0n) is 8.81. The molecule has 1 heterocycles. The number of halogens is 1. The number of rotatable bonds is 0. The van der Waals surface area contributed by atoms with Crippen LogP contribution in [0.3, 0.4) is 0 Å². The number of aromatic nitrogens is 1. The molecule has 1 aromatic carbocycles. The highest BCUT2D eigenvalue weighted by Crippen LogP contribution is 2.13. The summed E-state index contributed by atoms with van der Waals surface area (Å²) in [5.74, 6) is 5.88. The average Bonchev–Trinajstić information content (AvgIpc) is 2.38. The van der Waals surface area contributed by atoms with Crippen molar-refractivity contribution in [3.05, 3.63) is 64.4 Å². The minimum Gasteiger partial charge on any atom is -0.262 e. The molecule has 0 aliphatic heterocycles. The summed E-state index contributed by atoms with van der Waals surface area (Å²) in [5.41, 5.74) is 1.96. The third-order valence-electron chi connectivity index (χ3n) is 2.08. The molecule has 2 rings (SSSR count). The Labute approximate surface area is 104 Å². The first-order valence-corrected chi connectivity index (χ1v) is 5.29. The molecule has 0 saturated heterocycles. The molecule has 0 bridgehead atoms. The molecule has 0 N–H and O–H groups in total. The molecule has 0 saturated carbocycles. The predicted octanol–water partition coefficient (Wildman–Crippen LogP) is 3.01. The average molecular weight is 239 g/mol. The van der Waals surface area contributed by atoms with Gasteiger partial charge in [0.1, 0.15) is 6.07 Å². The van der Waals surface area contributed by atoms with Gasteiger partial charge in [0.15, 0.2) is 0 Å². The first kappa shape index (κ1) is 11.2. The van der Waals surface area contributed by atoms with Gasteiger partial charge in [-0.3, -0.25) is 4.98 Å². The third-order valence-corrected chi connectivity index (χ3v) is 2.41. The molecule has 2 aromatic rings. The third kappa shape index (κ3) is 2.84. The number of hydrogen-bond donors (Lipinski definition) is 0. The van der Waals surface area contributed by atoms with Crippen LogP contribution in [-0.4, -0.2) is 4.98 Å². The summed E-state index contributed by atoms with van der Waals surface area (Å²) >= 11 is 5.98. The molecule has 0 radical (unpaired) electrons. The lowest BCUT2D eigenvalue weighted by Gasteiger charge is -1.93. The van der Waals surface area contributed by atoms with E-state index in [1.54, 1.807) is 18.3 Å². The van der Waals surface area contributed by atoms with Gasteiger partial charge >= 0.3 is 0 Å². The highest BCUT2D eigenvalue weighted by molar-refractivity contribution is 6.31. The number of benzene rings is 1. The van der Waals surface area contributed by atoms with Crippen molar-refractivity contribution in [3.8, 4) is 17.9 Å². The molecular formula is C14H7ClN2. The standard InChI is InChI=1S/C14H7ClN2/c15-14-4-2-1-3-13(14)6-5-11-7-12(8-16)10-17-9-11/h1-4,7,9-10H. The lowest BCUT2D eigenvalue weighted by Crippen LogP contribution is -1.82. The quantitative estimate of drug-likeness (QED) is 0.662. The van der Waals surface area contributed by atoms with E-state index < -0.39 is 0 Å². The van der Waals surface area contributed by atoms with Gasteiger partial charge in [0, 0.05) is 23.5 Å². The maximum absolute atomic E-state index is 8.73. The summed E-state index contributed by atoms with van der Waals surface area (Å²) in [6.07, 6.45) is 3.12. The van der Waals surface area contributed by atoms with Crippen molar-refractivity contribution in [3.63, 3.8) is 0 Å². The van der Waals surface area contributed by atoms with E-state index in [0.717, 1.165) is 5.56 Å². The number of pyridine rings is 1. The first-order valence-electron chi connectivity index (χ1n) is 4.91. The fourth-order valence-corrected chi connectivity index (χ4v) is 1.45. The van der Waals surface area contributed by atoms with E-state index in [0.29, 0.717) is 16.1 Å². The summed E-state index contributed by atoms with van der Waals surface area (Å²) < 4.78 is 0. The second kappa shape index (κ2) is 5.16. The Morgan fingerprint density at radius 1 is 1.06 bits per heavy atom. The zero-order chi connectivity index (χ0) is 12.1. The van der Waals surface area contributed by atoms with Crippen LogP contribution in [0.4, 0.5) is 0 Å². The number of nitrogens with zero attached hydrogens (tertiary/aromatic N) is 2. The largest absolute Gasteiger partial charge is 0.262 e. The van der Waals surface area contributed by atoms with Crippen molar-refractivity contribution in [1.29, 1.82) is 5.26 Å². The van der Waals surface area contributed by atoms with Crippen molar-refractivity contribution in [1.82, 2.24) is 4.98 Å². The van der Waals surface area contributed by atoms with Gasteiger partial charge in [0.25, 0.3) is 0 Å². The Morgan fingerprint density at radius 2 is 1.82 bits per heavy atom. The number of hydrogen-bond acceptors (Lipinski definition) is 2. The summed E-state index contributed by atoms with van der Waals surface area (Å²) in [4.78, 5) is 3.93. The van der Waals surface area contributed by atoms with Crippen LogP contribution < -0.4 is 0 Å². The van der Waals surface area contributed by atoms with Crippen molar-refractivity contribution in [2.75, 3.05) is 0 Å². The molecule has 0 amide bonds. The van der Waals surface area contributed by atoms with Crippen LogP contribution in [0.25, 0.3) is 0 Å². The van der Waals surface area contributed by atoms with E-state index in [-0.39, 0.29) is 0 Å². The van der Waals surface area contributed by atoms with Crippen LogP contribution in [0.1, 0.15) is 16.7 Å². The summed E-state index contributed by atoms with van der Waals surface area (Å²) in [7, 11) is 0. The normalized spacial score (nSPS) is 8.94. The second-order valence-electron chi connectivity index (χ2n) is 3.30. The van der Waals surface area contributed by atoms with Crippen molar-refractivity contribution < 1.29 is 0 Å².